The lowest BCUT2D eigenvalue weighted by atomic mass is 10.0. The van der Waals surface area contributed by atoms with Crippen LogP contribution in [0.1, 0.15) is 32.4 Å². The Labute approximate surface area is 131 Å². The van der Waals surface area contributed by atoms with Crippen molar-refractivity contribution in [2.24, 2.45) is 0 Å². The van der Waals surface area contributed by atoms with E-state index in [0.717, 1.165) is 0 Å². The van der Waals surface area contributed by atoms with Crippen molar-refractivity contribution in [3.63, 3.8) is 0 Å². The lowest BCUT2D eigenvalue weighted by molar-refractivity contribution is -0.310. The van der Waals surface area contributed by atoms with E-state index in [1.807, 2.05) is 0 Å². The average molecular weight is 359 g/mol. The molecule has 0 saturated heterocycles. The maximum absolute atomic E-state index is 11.6. The summed E-state index contributed by atoms with van der Waals surface area (Å²) in [5, 5.41) is 23.4. The number of carboxylic acid groups (broad SMARTS) is 1. The Morgan fingerprint density at radius 2 is 1.90 bits per heavy atom. The molecule has 0 heterocycles. The fraction of sp³-hybridized carbons (Fsp3) is 0.429. The predicted molar refractivity (Wildman–Crippen MR) is 77.3 cm³/mol. The van der Waals surface area contributed by atoms with Crippen LogP contribution in [0.4, 0.5) is 4.79 Å². The number of alkyl carbamates (subject to hydrolysis) is 1. The van der Waals surface area contributed by atoms with E-state index in [4.69, 9.17) is 4.74 Å². The maximum atomic E-state index is 11.6. The van der Waals surface area contributed by atoms with Gasteiger partial charge < -0.3 is 25.1 Å². The Morgan fingerprint density at radius 3 is 2.38 bits per heavy atom. The summed E-state index contributed by atoms with van der Waals surface area (Å²) < 4.78 is 5.49. The number of carboxylic acids is 1. The SMILES string of the molecule is CC(C)(C)OC(=O)N[C@@H](C(=O)[O-])[C@H](O)c1ccccc1Br. The van der Waals surface area contributed by atoms with Crippen molar-refractivity contribution in [2.75, 3.05) is 0 Å². The van der Waals surface area contributed by atoms with Gasteiger partial charge in [-0.05, 0) is 32.4 Å². The van der Waals surface area contributed by atoms with Gasteiger partial charge in [0.25, 0.3) is 0 Å². The predicted octanol–water partition coefficient (Wildman–Crippen LogP) is 1.13. The number of carbonyl (C=O) groups is 2. The third-order valence-electron chi connectivity index (χ3n) is 2.47. The van der Waals surface area contributed by atoms with Crippen LogP contribution in [-0.2, 0) is 9.53 Å². The molecule has 1 aromatic rings. The topological polar surface area (TPSA) is 98.7 Å². The number of aliphatic carboxylic acids is 1. The maximum Gasteiger partial charge on any atom is 0.408 e. The van der Waals surface area contributed by atoms with Gasteiger partial charge in [0.15, 0.2) is 0 Å². The molecule has 1 aromatic carbocycles. The Kier molecular flexibility index (Phi) is 5.74. The normalized spacial score (nSPS) is 14.1. The van der Waals surface area contributed by atoms with Gasteiger partial charge in [-0.15, -0.1) is 0 Å². The van der Waals surface area contributed by atoms with Crippen LogP contribution in [0.3, 0.4) is 0 Å². The van der Waals surface area contributed by atoms with Crippen LogP contribution in [-0.4, -0.2) is 28.8 Å². The van der Waals surface area contributed by atoms with Crippen molar-refractivity contribution in [3.8, 4) is 0 Å². The lowest BCUT2D eigenvalue weighted by Gasteiger charge is -2.27. The van der Waals surface area contributed by atoms with Gasteiger partial charge in [-0.2, -0.15) is 0 Å². The summed E-state index contributed by atoms with van der Waals surface area (Å²) >= 11 is 3.21. The van der Waals surface area contributed by atoms with E-state index in [2.05, 4.69) is 21.2 Å². The molecule has 116 valence electrons. The first-order valence-electron chi connectivity index (χ1n) is 6.24. The number of nitrogens with one attached hydrogen (secondary N) is 1. The van der Waals surface area contributed by atoms with E-state index in [-0.39, 0.29) is 0 Å². The highest BCUT2D eigenvalue weighted by atomic mass is 79.9. The molecule has 7 heteroatoms. The smallest absolute Gasteiger partial charge is 0.408 e. The number of halogens is 1. The molecule has 0 bridgehead atoms. The van der Waals surface area contributed by atoms with Crippen LogP contribution in [0.25, 0.3) is 0 Å². The Hall–Kier alpha value is -1.60. The second kappa shape index (κ2) is 6.91. The minimum Gasteiger partial charge on any atom is -0.548 e. The number of aliphatic hydroxyl groups is 1. The van der Waals surface area contributed by atoms with Gasteiger partial charge in [0.1, 0.15) is 17.7 Å². The van der Waals surface area contributed by atoms with Crippen molar-refractivity contribution < 1.29 is 24.5 Å². The molecule has 1 amide bonds. The van der Waals surface area contributed by atoms with Crippen molar-refractivity contribution in [2.45, 2.75) is 38.5 Å². The van der Waals surface area contributed by atoms with Crippen LogP contribution in [0.15, 0.2) is 28.7 Å². The van der Waals surface area contributed by atoms with Gasteiger partial charge in [0.2, 0.25) is 0 Å². The Morgan fingerprint density at radius 1 is 1.33 bits per heavy atom. The summed E-state index contributed by atoms with van der Waals surface area (Å²) in [6.07, 6.45) is -2.42. The minimum absolute atomic E-state index is 0.322. The quantitative estimate of drug-likeness (QED) is 0.840. The van der Waals surface area contributed by atoms with E-state index in [1.165, 1.54) is 0 Å². The van der Waals surface area contributed by atoms with Crippen molar-refractivity contribution in [1.82, 2.24) is 5.32 Å². The average Bonchev–Trinajstić information content (AvgIpc) is 2.33. The second-order valence-corrected chi connectivity index (χ2v) is 6.26. The zero-order valence-corrected chi connectivity index (χ0v) is 13.5. The Bertz CT molecular complexity index is 526. The second-order valence-electron chi connectivity index (χ2n) is 5.41. The largest absolute Gasteiger partial charge is 0.548 e. The standard InChI is InChI=1S/C14H18BrNO5/c1-14(2,3)21-13(20)16-10(12(18)19)11(17)8-6-4-5-7-9(8)15/h4-7,10-11,17H,1-3H3,(H,16,20)(H,18,19)/p-1/t10-,11-/m1/s1. The van der Waals surface area contributed by atoms with E-state index in [0.29, 0.717) is 10.0 Å². The first-order chi connectivity index (χ1) is 9.61. The molecule has 0 aliphatic heterocycles. The number of benzene rings is 1. The molecule has 6 nitrogen and oxygen atoms in total. The lowest BCUT2D eigenvalue weighted by Crippen LogP contribution is -2.52. The number of aliphatic hydroxyl groups excluding tert-OH is 1. The highest BCUT2D eigenvalue weighted by Crippen LogP contribution is 2.25. The van der Waals surface area contributed by atoms with Crippen molar-refractivity contribution in [3.05, 3.63) is 34.3 Å². The van der Waals surface area contributed by atoms with E-state index in [9.17, 15) is 19.8 Å². The van der Waals surface area contributed by atoms with Gasteiger partial charge in [-0.25, -0.2) is 4.79 Å². The van der Waals surface area contributed by atoms with Gasteiger partial charge in [-0.1, -0.05) is 34.1 Å². The summed E-state index contributed by atoms with van der Waals surface area (Å²) in [6, 6.07) is 4.93. The third kappa shape index (κ3) is 5.35. The van der Waals surface area contributed by atoms with Crippen molar-refractivity contribution in [1.29, 1.82) is 0 Å². The van der Waals surface area contributed by atoms with Crippen molar-refractivity contribution >= 4 is 28.0 Å². The molecule has 0 aromatic heterocycles. The fourth-order valence-corrected chi connectivity index (χ4v) is 2.12. The zero-order valence-electron chi connectivity index (χ0n) is 11.9. The number of amides is 1. The molecule has 0 fully saturated rings. The number of hydrogen-bond acceptors (Lipinski definition) is 5. The highest BCUT2D eigenvalue weighted by molar-refractivity contribution is 9.10. The molecule has 0 spiro atoms. The molecule has 0 aliphatic rings. The highest BCUT2D eigenvalue weighted by Gasteiger charge is 2.27. The fourth-order valence-electron chi connectivity index (χ4n) is 1.60. The summed E-state index contributed by atoms with van der Waals surface area (Å²) in [5.74, 6) is -1.61. The molecule has 2 N–H and O–H groups in total. The van der Waals surface area contributed by atoms with Crippen LogP contribution in [0, 0.1) is 0 Å². The van der Waals surface area contributed by atoms with Gasteiger partial charge in [0, 0.05) is 4.47 Å². The number of carbonyl (C=O) groups excluding carboxylic acids is 2. The van der Waals surface area contributed by atoms with Crippen LogP contribution in [0.2, 0.25) is 0 Å². The van der Waals surface area contributed by atoms with Gasteiger partial charge in [-0.3, -0.25) is 0 Å². The molecule has 0 aliphatic carbocycles. The Balaban J connectivity index is 2.90. The molecular weight excluding hydrogens is 342 g/mol. The number of hydrogen-bond donors (Lipinski definition) is 2. The number of rotatable bonds is 4. The molecule has 1 rings (SSSR count). The van der Waals surface area contributed by atoms with E-state index >= 15 is 0 Å². The van der Waals surface area contributed by atoms with Crippen LogP contribution < -0.4 is 10.4 Å². The van der Waals surface area contributed by atoms with Crippen LogP contribution >= 0.6 is 15.9 Å². The zero-order chi connectivity index (χ0) is 16.2. The molecule has 0 radical (unpaired) electrons. The van der Waals surface area contributed by atoms with E-state index in [1.54, 1.807) is 45.0 Å². The molecule has 21 heavy (non-hydrogen) atoms. The molecule has 2 atom stereocenters. The third-order valence-corrected chi connectivity index (χ3v) is 3.19. The molecule has 0 unspecified atom stereocenters. The van der Waals surface area contributed by atoms with E-state index < -0.39 is 29.8 Å². The van der Waals surface area contributed by atoms with Gasteiger partial charge >= 0.3 is 6.09 Å². The summed E-state index contributed by atoms with van der Waals surface area (Å²) in [6.45, 7) is 4.93. The first kappa shape index (κ1) is 17.5. The monoisotopic (exact) mass is 358 g/mol. The first-order valence-corrected chi connectivity index (χ1v) is 7.04. The summed E-state index contributed by atoms with van der Waals surface area (Å²) in [7, 11) is 0. The summed E-state index contributed by atoms with van der Waals surface area (Å²) in [5.41, 5.74) is -0.457. The van der Waals surface area contributed by atoms with Gasteiger partial charge in [0.05, 0.1) is 5.97 Å². The molecule has 0 saturated carbocycles. The summed E-state index contributed by atoms with van der Waals surface area (Å²) in [4.78, 5) is 22.8. The minimum atomic E-state index is -1.63. The van der Waals surface area contributed by atoms with Crippen LogP contribution in [0.5, 0.6) is 0 Å². The number of ether oxygens (including phenoxy) is 1. The molecular formula is C14H17BrNO5-.